The summed E-state index contributed by atoms with van der Waals surface area (Å²) in [6.45, 7) is 9.92. The van der Waals surface area contributed by atoms with E-state index in [2.05, 4.69) is 0 Å². The van der Waals surface area contributed by atoms with Gasteiger partial charge in [-0.15, -0.1) is 0 Å². The first-order chi connectivity index (χ1) is 28.6. The van der Waals surface area contributed by atoms with Gasteiger partial charge in [-0.25, -0.2) is 14.4 Å². The number of esters is 4. The third kappa shape index (κ3) is 12.7. The van der Waals surface area contributed by atoms with E-state index in [0.29, 0.717) is 5.57 Å². The van der Waals surface area contributed by atoms with Gasteiger partial charge in [0.1, 0.15) is 6.10 Å². The Bertz CT molecular complexity index is 1710. The van der Waals surface area contributed by atoms with Crippen molar-refractivity contribution >= 4 is 23.9 Å². The summed E-state index contributed by atoms with van der Waals surface area (Å²) in [4.78, 5) is 52.0. The molecule has 0 amide bonds. The number of aliphatic hydroxyl groups excluding tert-OH is 3. The highest BCUT2D eigenvalue weighted by atomic mass is 16.7. The molecule has 6 bridgehead atoms. The second kappa shape index (κ2) is 21.1. The molecule has 0 aliphatic carbocycles. The largest absolute Gasteiger partial charge is 0.466 e. The lowest BCUT2D eigenvalue weighted by Gasteiger charge is -2.53. The van der Waals surface area contributed by atoms with Crippen LogP contribution in [0.3, 0.4) is 0 Å². The van der Waals surface area contributed by atoms with E-state index in [-0.39, 0.29) is 50.5 Å². The van der Waals surface area contributed by atoms with Crippen LogP contribution in [-0.4, -0.2) is 130 Å². The Balaban J connectivity index is 1.87. The Morgan fingerprint density at radius 3 is 2.23 bits per heavy atom. The molecule has 61 heavy (non-hydrogen) atoms. The second-order valence-electron chi connectivity index (χ2n) is 17.7. The van der Waals surface area contributed by atoms with Gasteiger partial charge in [0.05, 0.1) is 63.4 Å². The first-order valence-corrected chi connectivity index (χ1v) is 21.0. The lowest BCUT2D eigenvalue weighted by Crippen LogP contribution is -2.62. The molecule has 4 heterocycles. The fourth-order valence-corrected chi connectivity index (χ4v) is 8.20. The molecule has 3 saturated heterocycles. The number of unbranched alkanes of at least 4 members (excludes halogenated alkanes) is 1. The van der Waals surface area contributed by atoms with Gasteiger partial charge in [-0.2, -0.15) is 0 Å². The SMILES string of the molecule is CCC/C=C/C=C/C(=O)O[C@H]1/C(=C/C(=O)OC)CC2C[C@H]([C@@H](C)O)OC(=O)C[C@H](O)C[C@@H]3C[C@H](O)C(C)(C)[C@](O)(C[C@@H]4C/C(=C/C(=O)OC)C[C@H](/C=C/C(C)(C)[C@]1(O)O2)O4)O3. The second-order valence-corrected chi connectivity index (χ2v) is 17.7. The summed E-state index contributed by atoms with van der Waals surface area (Å²) in [5.74, 6) is -7.61. The summed E-state index contributed by atoms with van der Waals surface area (Å²) in [7, 11) is 2.41. The van der Waals surface area contributed by atoms with E-state index in [1.165, 1.54) is 39.4 Å². The third-order valence-corrected chi connectivity index (χ3v) is 12.1. The average molecular weight is 863 g/mol. The van der Waals surface area contributed by atoms with Crippen LogP contribution < -0.4 is 0 Å². The van der Waals surface area contributed by atoms with Crippen LogP contribution in [0.4, 0.5) is 0 Å². The van der Waals surface area contributed by atoms with Crippen LogP contribution >= 0.6 is 0 Å². The van der Waals surface area contributed by atoms with Gasteiger partial charge >= 0.3 is 23.9 Å². The van der Waals surface area contributed by atoms with Gasteiger partial charge in [0.2, 0.25) is 5.79 Å². The van der Waals surface area contributed by atoms with Gasteiger partial charge in [-0.05, 0) is 38.2 Å². The number of rotatable bonds is 8. The number of fused-ring (bicyclic) bond motifs is 6. The Labute approximate surface area is 358 Å². The standard InChI is InChI=1S/C45H66O16/c1-9-10-11-12-13-14-37(49)59-41-29(21-39(51)56-8)20-32-24-35(27(2)46)58-40(52)23-30(47)22-33-25-36(48)43(5,6)44(53,60-33)26-34-18-28(19-38(50)55-7)17-31(57-34)15-16-42(3,4)45(41,54)61-32/h11-16,19,21,27,30-36,41,46-48,53-54H,9-10,17-18,20,22-26H2,1-8H3/b12-11+,14-13+,16-15+,28-19+,29-21+/t27-,30-,31+,32?,33-,34+,35-,36+,41+,44+,45-/m1/s1. The Morgan fingerprint density at radius 2 is 1.57 bits per heavy atom. The molecule has 16 heteroatoms. The highest BCUT2D eigenvalue weighted by molar-refractivity contribution is 5.84. The summed E-state index contributed by atoms with van der Waals surface area (Å²) < 4.78 is 40.7. The Hall–Kier alpha value is -3.74. The zero-order valence-corrected chi connectivity index (χ0v) is 36.6. The Morgan fingerprint density at radius 1 is 0.885 bits per heavy atom. The highest BCUT2D eigenvalue weighted by Gasteiger charge is 2.59. The molecule has 0 spiro atoms. The minimum atomic E-state index is -2.45. The predicted octanol–water partition coefficient (Wildman–Crippen LogP) is 3.71. The van der Waals surface area contributed by atoms with Crippen molar-refractivity contribution in [3.05, 3.63) is 59.8 Å². The molecule has 0 saturated carbocycles. The lowest BCUT2D eigenvalue weighted by atomic mass is 9.70. The lowest BCUT2D eigenvalue weighted by molar-refractivity contribution is -0.348. The summed E-state index contributed by atoms with van der Waals surface area (Å²) in [5, 5.41) is 58.3. The monoisotopic (exact) mass is 862 g/mol. The summed E-state index contributed by atoms with van der Waals surface area (Å²) >= 11 is 0. The summed E-state index contributed by atoms with van der Waals surface area (Å²) in [5.41, 5.74) is -2.00. The van der Waals surface area contributed by atoms with E-state index in [1.54, 1.807) is 45.9 Å². The number of hydrogen-bond acceptors (Lipinski definition) is 16. The molecule has 0 aromatic rings. The molecule has 1 unspecified atom stereocenters. The van der Waals surface area contributed by atoms with Crippen molar-refractivity contribution in [2.45, 2.75) is 172 Å². The van der Waals surface area contributed by atoms with Crippen molar-refractivity contribution in [1.29, 1.82) is 0 Å². The molecule has 11 atom stereocenters. The van der Waals surface area contributed by atoms with E-state index >= 15 is 0 Å². The number of aliphatic hydroxyl groups is 5. The number of cyclic esters (lactones) is 1. The zero-order chi connectivity index (χ0) is 45.3. The van der Waals surface area contributed by atoms with Gasteiger partial charge in [0.15, 0.2) is 11.9 Å². The van der Waals surface area contributed by atoms with E-state index in [0.717, 1.165) is 18.9 Å². The predicted molar refractivity (Wildman–Crippen MR) is 219 cm³/mol. The number of carbonyl (C=O) groups is 4. The van der Waals surface area contributed by atoms with E-state index in [1.807, 2.05) is 13.0 Å². The first kappa shape index (κ1) is 49.9. The molecule has 342 valence electrons. The van der Waals surface area contributed by atoms with Gasteiger partial charge < -0.3 is 58.7 Å². The smallest absolute Gasteiger partial charge is 0.331 e. The number of carbonyl (C=O) groups excluding carboxylic acids is 4. The molecule has 0 radical (unpaired) electrons. The summed E-state index contributed by atoms with van der Waals surface area (Å²) in [6, 6.07) is 0. The molecule has 4 aliphatic rings. The quantitative estimate of drug-likeness (QED) is 0.0770. The third-order valence-electron chi connectivity index (χ3n) is 12.1. The van der Waals surface area contributed by atoms with Crippen molar-refractivity contribution in [3.8, 4) is 0 Å². The topological polar surface area (TPSA) is 234 Å². The van der Waals surface area contributed by atoms with Crippen molar-refractivity contribution in [2.75, 3.05) is 14.2 Å². The number of allylic oxidation sites excluding steroid dienone is 3. The van der Waals surface area contributed by atoms with Crippen molar-refractivity contribution < 1.29 is 77.9 Å². The van der Waals surface area contributed by atoms with E-state index in [4.69, 9.17) is 33.2 Å². The maximum atomic E-state index is 13.4. The fourth-order valence-electron chi connectivity index (χ4n) is 8.20. The molecule has 4 aliphatic heterocycles. The van der Waals surface area contributed by atoms with Crippen molar-refractivity contribution in [2.24, 2.45) is 10.8 Å². The summed E-state index contributed by atoms with van der Waals surface area (Å²) in [6.07, 6.45) is 2.75. The van der Waals surface area contributed by atoms with Gasteiger partial charge in [-0.3, -0.25) is 4.79 Å². The average Bonchev–Trinajstić information content (AvgIpc) is 3.16. The van der Waals surface area contributed by atoms with Gasteiger partial charge in [0, 0.05) is 54.7 Å². The normalized spacial score (nSPS) is 37.1. The number of hydrogen-bond donors (Lipinski definition) is 5. The number of ether oxygens (including phenoxy) is 7. The van der Waals surface area contributed by atoms with E-state index < -0.39 is 108 Å². The molecule has 5 N–H and O–H groups in total. The molecule has 0 aromatic heterocycles. The van der Waals surface area contributed by atoms with Crippen LogP contribution in [0.2, 0.25) is 0 Å². The molecule has 0 aromatic carbocycles. The van der Waals surface area contributed by atoms with Crippen molar-refractivity contribution in [1.82, 2.24) is 0 Å². The zero-order valence-electron chi connectivity index (χ0n) is 36.6. The van der Waals surface area contributed by atoms with Crippen LogP contribution in [0, 0.1) is 10.8 Å². The Kier molecular flexibility index (Phi) is 17.3. The van der Waals surface area contributed by atoms with Crippen molar-refractivity contribution in [3.63, 3.8) is 0 Å². The molecule has 3 fully saturated rings. The van der Waals surface area contributed by atoms with Gasteiger partial charge in [0.25, 0.3) is 0 Å². The van der Waals surface area contributed by atoms with Crippen LogP contribution in [0.5, 0.6) is 0 Å². The van der Waals surface area contributed by atoms with Crippen LogP contribution in [0.15, 0.2) is 59.8 Å². The van der Waals surface area contributed by atoms with Crippen LogP contribution in [0.25, 0.3) is 0 Å². The molecular formula is C45H66O16. The van der Waals surface area contributed by atoms with Gasteiger partial charge in [-0.1, -0.05) is 77.0 Å². The first-order valence-electron chi connectivity index (χ1n) is 21.0. The van der Waals surface area contributed by atoms with Crippen LogP contribution in [0.1, 0.15) is 106 Å². The molecule has 16 nitrogen and oxygen atoms in total. The van der Waals surface area contributed by atoms with E-state index in [9.17, 15) is 44.7 Å². The molecule has 4 rings (SSSR count). The maximum Gasteiger partial charge on any atom is 0.331 e. The maximum absolute atomic E-state index is 13.4. The minimum absolute atomic E-state index is 0.0448. The molecular weight excluding hydrogens is 796 g/mol. The fraction of sp³-hybridized carbons (Fsp3) is 0.689. The highest BCUT2D eigenvalue weighted by Crippen LogP contribution is 2.49. The number of methoxy groups -OCH3 is 2. The van der Waals surface area contributed by atoms with Crippen LogP contribution in [-0.2, 0) is 52.3 Å². The minimum Gasteiger partial charge on any atom is -0.466 e.